The van der Waals surface area contributed by atoms with Gasteiger partial charge in [0.05, 0.1) is 12.0 Å². The van der Waals surface area contributed by atoms with Crippen LogP contribution in [0.4, 0.5) is 13.2 Å². The number of carbonyl (C=O) groups excluding carboxylic acids is 1. The lowest BCUT2D eigenvalue weighted by Crippen LogP contribution is -2.76. The van der Waals surface area contributed by atoms with Gasteiger partial charge < -0.3 is 15.4 Å². The van der Waals surface area contributed by atoms with E-state index in [4.69, 9.17) is 10.5 Å². The van der Waals surface area contributed by atoms with Gasteiger partial charge in [0, 0.05) is 31.5 Å². The standard InChI is InChI=1S/C15H25F3N2O2/c1-4-22-11-8-14(19,13(11,2)3)12(21)20-7-5-6-10(9-20)15(16,17)18/h10-11H,4-9,19H2,1-3H3. The van der Waals surface area contributed by atoms with Crippen molar-refractivity contribution in [1.29, 1.82) is 0 Å². The summed E-state index contributed by atoms with van der Waals surface area (Å²) >= 11 is 0. The first-order chi connectivity index (χ1) is 10.0. The van der Waals surface area contributed by atoms with Gasteiger partial charge >= 0.3 is 6.18 Å². The van der Waals surface area contributed by atoms with Gasteiger partial charge in [0.25, 0.3) is 0 Å². The Hall–Kier alpha value is -0.820. The molecule has 1 heterocycles. The summed E-state index contributed by atoms with van der Waals surface area (Å²) in [5.74, 6) is -1.82. The van der Waals surface area contributed by atoms with Crippen molar-refractivity contribution in [2.24, 2.45) is 17.1 Å². The molecule has 128 valence electrons. The van der Waals surface area contributed by atoms with Crippen molar-refractivity contribution >= 4 is 5.91 Å². The molecular weight excluding hydrogens is 297 g/mol. The number of likely N-dealkylation sites (tertiary alicyclic amines) is 1. The molecule has 1 amide bonds. The molecule has 0 aromatic heterocycles. The zero-order chi connectivity index (χ0) is 16.8. The van der Waals surface area contributed by atoms with Gasteiger partial charge in [-0.15, -0.1) is 0 Å². The zero-order valence-corrected chi connectivity index (χ0v) is 13.4. The highest BCUT2D eigenvalue weighted by molar-refractivity contribution is 5.89. The van der Waals surface area contributed by atoms with E-state index < -0.39 is 23.0 Å². The smallest absolute Gasteiger partial charge is 0.378 e. The Bertz CT molecular complexity index is 439. The van der Waals surface area contributed by atoms with Crippen LogP contribution in [-0.2, 0) is 9.53 Å². The molecule has 0 bridgehead atoms. The average molecular weight is 322 g/mol. The Morgan fingerprint density at radius 2 is 2.05 bits per heavy atom. The molecule has 0 radical (unpaired) electrons. The van der Waals surface area contributed by atoms with Crippen LogP contribution in [-0.4, -0.2) is 48.3 Å². The van der Waals surface area contributed by atoms with Gasteiger partial charge in [0.1, 0.15) is 5.54 Å². The third-order valence-electron chi connectivity index (χ3n) is 5.38. The SMILES string of the molecule is CCOC1CC(N)(C(=O)N2CCCC(C(F)(F)F)C2)C1(C)C. The number of nitrogens with zero attached hydrogens (tertiary/aromatic N) is 1. The van der Waals surface area contributed by atoms with Gasteiger partial charge in [-0.05, 0) is 19.8 Å². The van der Waals surface area contributed by atoms with Crippen LogP contribution in [0.25, 0.3) is 0 Å². The molecular formula is C15H25F3N2O2. The minimum atomic E-state index is -4.26. The molecule has 0 aromatic rings. The second-order valence-electron chi connectivity index (χ2n) is 6.97. The van der Waals surface area contributed by atoms with Crippen LogP contribution in [0.2, 0.25) is 0 Å². The molecule has 1 aliphatic carbocycles. The summed E-state index contributed by atoms with van der Waals surface area (Å²) in [6, 6.07) is 0. The number of piperidine rings is 1. The molecule has 7 heteroatoms. The van der Waals surface area contributed by atoms with Crippen LogP contribution in [0.3, 0.4) is 0 Å². The van der Waals surface area contributed by atoms with Crippen LogP contribution >= 0.6 is 0 Å². The Morgan fingerprint density at radius 1 is 1.41 bits per heavy atom. The molecule has 2 fully saturated rings. The Labute approximate surface area is 129 Å². The third kappa shape index (κ3) is 2.73. The van der Waals surface area contributed by atoms with Crippen molar-refractivity contribution < 1.29 is 22.7 Å². The van der Waals surface area contributed by atoms with Gasteiger partial charge in [-0.1, -0.05) is 13.8 Å². The van der Waals surface area contributed by atoms with E-state index in [0.717, 1.165) is 0 Å². The predicted molar refractivity (Wildman–Crippen MR) is 76.1 cm³/mol. The molecule has 3 atom stereocenters. The van der Waals surface area contributed by atoms with E-state index in [1.807, 2.05) is 20.8 Å². The summed E-state index contributed by atoms with van der Waals surface area (Å²) in [5.41, 5.74) is 4.56. The fourth-order valence-electron chi connectivity index (χ4n) is 3.51. The van der Waals surface area contributed by atoms with Crippen LogP contribution in [0.1, 0.15) is 40.0 Å². The number of halogens is 3. The molecule has 0 aromatic carbocycles. The predicted octanol–water partition coefficient (Wildman–Crippen LogP) is 2.32. The summed E-state index contributed by atoms with van der Waals surface area (Å²) < 4.78 is 44.3. The summed E-state index contributed by atoms with van der Waals surface area (Å²) in [6.07, 6.45) is -3.59. The number of amides is 1. The lowest BCUT2D eigenvalue weighted by Gasteiger charge is -2.59. The number of rotatable bonds is 3. The molecule has 0 spiro atoms. The molecule has 2 aliphatic rings. The Kier molecular flexibility index (Phi) is 4.52. The monoisotopic (exact) mass is 322 g/mol. The normalized spacial score (nSPS) is 35.1. The van der Waals surface area contributed by atoms with E-state index in [0.29, 0.717) is 26.0 Å². The summed E-state index contributed by atoms with van der Waals surface area (Å²) in [6.45, 7) is 6.15. The van der Waals surface area contributed by atoms with E-state index in [1.165, 1.54) is 4.90 Å². The Balaban J connectivity index is 2.08. The second-order valence-corrected chi connectivity index (χ2v) is 6.97. The average Bonchev–Trinajstić information content (AvgIpc) is 2.45. The largest absolute Gasteiger partial charge is 0.393 e. The third-order valence-corrected chi connectivity index (χ3v) is 5.38. The van der Waals surface area contributed by atoms with Crippen molar-refractivity contribution in [1.82, 2.24) is 4.90 Å². The Morgan fingerprint density at radius 3 is 2.55 bits per heavy atom. The minimum Gasteiger partial charge on any atom is -0.378 e. The molecule has 1 aliphatic heterocycles. The van der Waals surface area contributed by atoms with Crippen LogP contribution in [0, 0.1) is 11.3 Å². The van der Waals surface area contributed by atoms with Gasteiger partial charge in [0.15, 0.2) is 0 Å². The quantitative estimate of drug-likeness (QED) is 0.867. The van der Waals surface area contributed by atoms with E-state index in [1.54, 1.807) is 0 Å². The highest BCUT2D eigenvalue weighted by Gasteiger charge is 2.64. The van der Waals surface area contributed by atoms with Gasteiger partial charge in [-0.25, -0.2) is 0 Å². The molecule has 1 saturated carbocycles. The van der Waals surface area contributed by atoms with E-state index in [2.05, 4.69) is 0 Å². The lowest BCUT2D eigenvalue weighted by atomic mass is 9.54. The van der Waals surface area contributed by atoms with Crippen molar-refractivity contribution in [3.8, 4) is 0 Å². The minimum absolute atomic E-state index is 0.0792. The maximum absolute atomic E-state index is 12.9. The van der Waals surface area contributed by atoms with Crippen LogP contribution in [0.5, 0.6) is 0 Å². The fourth-order valence-corrected chi connectivity index (χ4v) is 3.51. The summed E-state index contributed by atoms with van der Waals surface area (Å²) in [7, 11) is 0. The number of hydrogen-bond acceptors (Lipinski definition) is 3. The van der Waals surface area contributed by atoms with Crippen LogP contribution < -0.4 is 5.73 Å². The fraction of sp³-hybridized carbons (Fsp3) is 0.933. The lowest BCUT2D eigenvalue weighted by molar-refractivity contribution is -0.198. The highest BCUT2D eigenvalue weighted by Crippen LogP contribution is 2.51. The maximum Gasteiger partial charge on any atom is 0.393 e. The maximum atomic E-state index is 12.9. The van der Waals surface area contributed by atoms with E-state index >= 15 is 0 Å². The van der Waals surface area contributed by atoms with Crippen LogP contribution in [0.15, 0.2) is 0 Å². The first-order valence-electron chi connectivity index (χ1n) is 7.80. The van der Waals surface area contributed by atoms with Gasteiger partial charge in [0.2, 0.25) is 5.91 Å². The van der Waals surface area contributed by atoms with E-state index in [-0.39, 0.29) is 25.0 Å². The molecule has 2 N–H and O–H groups in total. The summed E-state index contributed by atoms with van der Waals surface area (Å²) in [5, 5.41) is 0. The first kappa shape index (κ1) is 17.5. The molecule has 3 unspecified atom stereocenters. The molecule has 2 rings (SSSR count). The van der Waals surface area contributed by atoms with Gasteiger partial charge in [-0.3, -0.25) is 4.79 Å². The molecule has 22 heavy (non-hydrogen) atoms. The highest BCUT2D eigenvalue weighted by atomic mass is 19.4. The van der Waals surface area contributed by atoms with E-state index in [9.17, 15) is 18.0 Å². The number of carbonyl (C=O) groups is 1. The number of ether oxygens (including phenoxy) is 1. The number of alkyl halides is 3. The van der Waals surface area contributed by atoms with Crippen molar-refractivity contribution in [3.05, 3.63) is 0 Å². The van der Waals surface area contributed by atoms with Crippen molar-refractivity contribution in [2.75, 3.05) is 19.7 Å². The van der Waals surface area contributed by atoms with Crippen molar-refractivity contribution in [2.45, 2.75) is 57.9 Å². The topological polar surface area (TPSA) is 55.6 Å². The second kappa shape index (κ2) is 5.67. The molecule has 4 nitrogen and oxygen atoms in total. The number of nitrogens with two attached hydrogens (primary N) is 1. The molecule has 1 saturated heterocycles. The zero-order valence-electron chi connectivity index (χ0n) is 13.4. The number of hydrogen-bond donors (Lipinski definition) is 1. The van der Waals surface area contributed by atoms with Gasteiger partial charge in [-0.2, -0.15) is 13.2 Å². The first-order valence-corrected chi connectivity index (χ1v) is 7.80. The van der Waals surface area contributed by atoms with Crippen molar-refractivity contribution in [3.63, 3.8) is 0 Å². The summed E-state index contributed by atoms with van der Waals surface area (Å²) in [4.78, 5) is 14.0.